The molecule has 2 heterocycles. The van der Waals surface area contributed by atoms with Crippen LogP contribution in [0.1, 0.15) is 30.5 Å². The van der Waals surface area contributed by atoms with Crippen LogP contribution in [0.15, 0.2) is 23.0 Å². The lowest BCUT2D eigenvalue weighted by molar-refractivity contribution is 0.578. The minimum atomic E-state index is -0.0124. The Hall–Kier alpha value is -2.28. The van der Waals surface area contributed by atoms with E-state index in [2.05, 4.69) is 22.0 Å². The maximum Gasteiger partial charge on any atom is 0.193 e. The molecular weight excluding hydrogens is 262 g/mol. The zero-order valence-electron chi connectivity index (χ0n) is 12.3. The summed E-state index contributed by atoms with van der Waals surface area (Å²) in [6.45, 7) is 3.96. The van der Waals surface area contributed by atoms with E-state index in [1.54, 1.807) is 0 Å². The number of piperidine rings is 1. The first-order valence-electron chi connectivity index (χ1n) is 7.48. The van der Waals surface area contributed by atoms with Gasteiger partial charge in [-0.05, 0) is 44.4 Å². The first-order chi connectivity index (χ1) is 10.2. The fourth-order valence-electron chi connectivity index (χ4n) is 3.08. The molecule has 1 fully saturated rings. The third-order valence-corrected chi connectivity index (χ3v) is 4.27. The average Bonchev–Trinajstić information content (AvgIpc) is 2.52. The van der Waals surface area contributed by atoms with E-state index in [0.717, 1.165) is 30.0 Å². The van der Waals surface area contributed by atoms with Crippen LogP contribution in [0.5, 0.6) is 0 Å². The molecule has 108 valence electrons. The molecule has 0 bridgehead atoms. The van der Waals surface area contributed by atoms with E-state index < -0.39 is 0 Å². The molecule has 1 aromatic heterocycles. The maximum atomic E-state index is 12.6. The van der Waals surface area contributed by atoms with Crippen LogP contribution in [-0.4, -0.2) is 18.1 Å². The van der Waals surface area contributed by atoms with Crippen molar-refractivity contribution < 1.29 is 0 Å². The number of hydrogen-bond donors (Lipinski definition) is 1. The fourth-order valence-corrected chi connectivity index (χ4v) is 3.08. The van der Waals surface area contributed by atoms with Crippen molar-refractivity contribution in [1.29, 1.82) is 5.26 Å². The summed E-state index contributed by atoms with van der Waals surface area (Å²) < 4.78 is 0. The zero-order valence-corrected chi connectivity index (χ0v) is 12.3. The number of aromatic nitrogens is 1. The van der Waals surface area contributed by atoms with Crippen LogP contribution in [0.4, 0.5) is 5.69 Å². The number of nitrogens with zero attached hydrogens (tertiary/aromatic N) is 2. The highest BCUT2D eigenvalue weighted by molar-refractivity contribution is 5.83. The van der Waals surface area contributed by atoms with E-state index in [1.807, 2.05) is 19.1 Å². The number of nitrogens with one attached hydrogen (secondary N) is 1. The number of nitriles is 1. The number of rotatable bonds is 2. The lowest BCUT2D eigenvalue weighted by atomic mass is 10.0. The summed E-state index contributed by atoms with van der Waals surface area (Å²) in [5.74, 6) is 0. The third-order valence-electron chi connectivity index (χ3n) is 4.27. The van der Waals surface area contributed by atoms with Gasteiger partial charge in [0.15, 0.2) is 5.43 Å². The number of fused-ring (bicyclic) bond motifs is 1. The molecule has 3 rings (SSSR count). The number of benzene rings is 1. The van der Waals surface area contributed by atoms with Crippen molar-refractivity contribution in [1.82, 2.24) is 4.98 Å². The largest absolute Gasteiger partial charge is 0.372 e. The molecule has 2 aromatic rings. The SMILES string of the molecule is Cc1[nH]c2ccc(N3CCCCC3)cc2c(=O)c1CC#N. The molecule has 1 saturated heterocycles. The molecule has 0 atom stereocenters. The van der Waals surface area contributed by atoms with Crippen molar-refractivity contribution in [3.8, 4) is 6.07 Å². The van der Waals surface area contributed by atoms with E-state index in [-0.39, 0.29) is 11.8 Å². The summed E-state index contributed by atoms with van der Waals surface area (Å²) in [4.78, 5) is 18.2. The molecule has 0 unspecified atom stereocenters. The highest BCUT2D eigenvalue weighted by Gasteiger charge is 2.14. The van der Waals surface area contributed by atoms with Crippen LogP contribution in [0.25, 0.3) is 10.9 Å². The molecule has 1 N–H and O–H groups in total. The Balaban J connectivity index is 2.11. The summed E-state index contributed by atoms with van der Waals surface area (Å²) in [5.41, 5.74) is 3.32. The van der Waals surface area contributed by atoms with Crippen LogP contribution in [0.2, 0.25) is 0 Å². The summed E-state index contributed by atoms with van der Waals surface area (Å²) >= 11 is 0. The Labute approximate surface area is 124 Å². The summed E-state index contributed by atoms with van der Waals surface area (Å²) in [5, 5.41) is 9.58. The molecule has 1 aliphatic rings. The Morgan fingerprint density at radius 1 is 1.29 bits per heavy atom. The van der Waals surface area contributed by atoms with E-state index >= 15 is 0 Å². The van der Waals surface area contributed by atoms with Gasteiger partial charge in [0.25, 0.3) is 0 Å². The van der Waals surface area contributed by atoms with Crippen LogP contribution in [0, 0.1) is 18.3 Å². The molecule has 0 amide bonds. The molecule has 1 aliphatic heterocycles. The Bertz CT molecular complexity index is 764. The molecule has 4 heteroatoms. The van der Waals surface area contributed by atoms with E-state index in [1.165, 1.54) is 19.3 Å². The molecule has 0 spiro atoms. The molecule has 0 saturated carbocycles. The molecule has 0 aliphatic carbocycles. The number of hydrogen-bond acceptors (Lipinski definition) is 3. The van der Waals surface area contributed by atoms with Crippen molar-refractivity contribution in [3.63, 3.8) is 0 Å². The van der Waals surface area contributed by atoms with Gasteiger partial charge in [0, 0.05) is 40.9 Å². The van der Waals surface area contributed by atoms with Gasteiger partial charge in [-0.15, -0.1) is 0 Å². The van der Waals surface area contributed by atoms with Crippen LogP contribution in [-0.2, 0) is 6.42 Å². The monoisotopic (exact) mass is 281 g/mol. The van der Waals surface area contributed by atoms with E-state index in [4.69, 9.17) is 5.26 Å². The van der Waals surface area contributed by atoms with Crippen molar-refractivity contribution in [2.75, 3.05) is 18.0 Å². The van der Waals surface area contributed by atoms with Crippen LogP contribution >= 0.6 is 0 Å². The van der Waals surface area contributed by atoms with Crippen molar-refractivity contribution >= 4 is 16.6 Å². The second-order valence-corrected chi connectivity index (χ2v) is 5.67. The lowest BCUT2D eigenvalue weighted by Gasteiger charge is -2.29. The van der Waals surface area contributed by atoms with Crippen molar-refractivity contribution in [3.05, 3.63) is 39.7 Å². The summed E-state index contributed by atoms with van der Waals surface area (Å²) in [6.07, 6.45) is 3.87. The molecule has 21 heavy (non-hydrogen) atoms. The maximum absolute atomic E-state index is 12.6. The predicted octanol–water partition coefficient (Wildman–Crippen LogP) is 2.89. The Morgan fingerprint density at radius 3 is 2.76 bits per heavy atom. The van der Waals surface area contributed by atoms with Gasteiger partial charge in [0.2, 0.25) is 0 Å². The number of pyridine rings is 1. The molecular formula is C17H19N3O. The molecule has 1 aromatic carbocycles. The smallest absolute Gasteiger partial charge is 0.193 e. The lowest BCUT2D eigenvalue weighted by Crippen LogP contribution is -2.29. The van der Waals surface area contributed by atoms with Crippen molar-refractivity contribution in [2.45, 2.75) is 32.6 Å². The van der Waals surface area contributed by atoms with E-state index in [9.17, 15) is 4.79 Å². The topological polar surface area (TPSA) is 59.9 Å². The Kier molecular flexibility index (Phi) is 3.66. The van der Waals surface area contributed by atoms with Crippen molar-refractivity contribution in [2.24, 2.45) is 0 Å². The second kappa shape index (κ2) is 5.61. The van der Waals surface area contributed by atoms with Gasteiger partial charge in [0.05, 0.1) is 12.5 Å². The van der Waals surface area contributed by atoms with Gasteiger partial charge in [-0.25, -0.2) is 0 Å². The minimum absolute atomic E-state index is 0.0124. The van der Waals surface area contributed by atoms with Gasteiger partial charge in [-0.2, -0.15) is 5.26 Å². The fraction of sp³-hybridized carbons (Fsp3) is 0.412. The normalized spacial score (nSPS) is 15.1. The van der Waals surface area contributed by atoms with E-state index in [0.29, 0.717) is 10.9 Å². The number of anilines is 1. The first kappa shape index (κ1) is 13.7. The summed E-state index contributed by atoms with van der Waals surface area (Å²) in [6, 6.07) is 8.10. The minimum Gasteiger partial charge on any atom is -0.372 e. The highest BCUT2D eigenvalue weighted by atomic mass is 16.1. The quantitative estimate of drug-likeness (QED) is 0.920. The predicted molar refractivity (Wildman–Crippen MR) is 84.7 cm³/mol. The highest BCUT2D eigenvalue weighted by Crippen LogP contribution is 2.23. The molecule has 4 nitrogen and oxygen atoms in total. The van der Waals surface area contributed by atoms with Gasteiger partial charge in [-0.1, -0.05) is 0 Å². The van der Waals surface area contributed by atoms with Gasteiger partial charge >= 0.3 is 0 Å². The van der Waals surface area contributed by atoms with Gasteiger partial charge in [-0.3, -0.25) is 4.79 Å². The molecule has 0 radical (unpaired) electrons. The van der Waals surface area contributed by atoms with Gasteiger partial charge in [0.1, 0.15) is 0 Å². The first-order valence-corrected chi connectivity index (χ1v) is 7.48. The number of H-pyrrole nitrogens is 1. The standard InChI is InChI=1S/C17H19N3O/c1-12-14(7-8-18)17(21)15-11-13(5-6-16(15)19-12)20-9-3-2-4-10-20/h5-6,11H,2-4,7,9-10H2,1H3,(H,19,21). The van der Waals surface area contributed by atoms with Crippen LogP contribution < -0.4 is 10.3 Å². The average molecular weight is 281 g/mol. The van der Waals surface area contributed by atoms with Gasteiger partial charge < -0.3 is 9.88 Å². The van der Waals surface area contributed by atoms with Crippen LogP contribution in [0.3, 0.4) is 0 Å². The zero-order chi connectivity index (χ0) is 14.8. The second-order valence-electron chi connectivity index (χ2n) is 5.67. The Morgan fingerprint density at radius 2 is 2.05 bits per heavy atom. The third kappa shape index (κ3) is 2.52. The number of aryl methyl sites for hydroxylation is 1. The summed E-state index contributed by atoms with van der Waals surface area (Å²) in [7, 11) is 0. The number of aromatic amines is 1.